The van der Waals surface area contributed by atoms with Gasteiger partial charge in [-0.1, -0.05) is 6.92 Å². The molecule has 0 saturated carbocycles. The summed E-state index contributed by atoms with van der Waals surface area (Å²) in [6.45, 7) is 3.76. The lowest BCUT2D eigenvalue weighted by atomic mass is 9.90. The summed E-state index contributed by atoms with van der Waals surface area (Å²) in [6.07, 6.45) is 0.876. The Morgan fingerprint density at radius 2 is 2.26 bits per heavy atom. The van der Waals surface area contributed by atoms with Crippen molar-refractivity contribution in [3.63, 3.8) is 0 Å². The number of methoxy groups -OCH3 is 1. The Bertz CT molecular complexity index is 607. The summed E-state index contributed by atoms with van der Waals surface area (Å²) in [5, 5.41) is 10.8. The van der Waals surface area contributed by atoms with Crippen molar-refractivity contribution in [3.8, 4) is 11.5 Å². The zero-order valence-corrected chi connectivity index (χ0v) is 13.3. The summed E-state index contributed by atoms with van der Waals surface area (Å²) in [4.78, 5) is 24.2. The molecule has 1 saturated heterocycles. The van der Waals surface area contributed by atoms with Crippen molar-refractivity contribution in [1.29, 1.82) is 0 Å². The van der Waals surface area contributed by atoms with Gasteiger partial charge in [-0.2, -0.15) is 0 Å². The first kappa shape index (κ1) is 17.0. The monoisotopic (exact) mass is 323 g/mol. The van der Waals surface area contributed by atoms with E-state index < -0.39 is 4.92 Å². The number of carbonyl (C=O) groups is 1. The van der Waals surface area contributed by atoms with Gasteiger partial charge < -0.3 is 20.1 Å². The molecule has 1 fully saturated rings. The van der Waals surface area contributed by atoms with Gasteiger partial charge in [-0.15, -0.1) is 0 Å². The molecule has 1 heterocycles. The second-order valence-corrected chi connectivity index (χ2v) is 5.96. The van der Waals surface area contributed by atoms with Gasteiger partial charge in [0.25, 0.3) is 5.91 Å². The van der Waals surface area contributed by atoms with E-state index in [2.05, 4.69) is 6.92 Å². The highest BCUT2D eigenvalue weighted by Crippen LogP contribution is 2.31. The van der Waals surface area contributed by atoms with Crippen LogP contribution in [0, 0.1) is 15.5 Å². The van der Waals surface area contributed by atoms with Crippen LogP contribution in [-0.2, 0) is 4.79 Å². The van der Waals surface area contributed by atoms with Gasteiger partial charge in [-0.05, 0) is 24.4 Å². The molecule has 1 aliphatic rings. The Kier molecular flexibility index (Phi) is 5.05. The third-order valence-electron chi connectivity index (χ3n) is 4.11. The van der Waals surface area contributed by atoms with Crippen LogP contribution in [0.3, 0.4) is 0 Å². The van der Waals surface area contributed by atoms with Gasteiger partial charge in [0.2, 0.25) is 5.75 Å². The number of amides is 1. The number of nitrogens with two attached hydrogens (primary N) is 1. The van der Waals surface area contributed by atoms with Crippen LogP contribution in [0.4, 0.5) is 5.69 Å². The highest BCUT2D eigenvalue weighted by Gasteiger charge is 2.34. The standard InChI is InChI=1S/C15H21N3O5/c1-15(9-16)5-6-17(10-15)14(19)8-23-11-3-4-12(18(20)21)13(7-11)22-2/h3-4,7H,5-6,8-10,16H2,1-2H3. The van der Waals surface area contributed by atoms with E-state index in [0.717, 1.165) is 6.42 Å². The van der Waals surface area contributed by atoms with Gasteiger partial charge in [0.15, 0.2) is 6.61 Å². The van der Waals surface area contributed by atoms with Crippen molar-refractivity contribution in [2.45, 2.75) is 13.3 Å². The molecule has 0 bridgehead atoms. The Hall–Kier alpha value is -2.35. The van der Waals surface area contributed by atoms with E-state index in [4.69, 9.17) is 15.2 Å². The molecule has 1 atom stereocenters. The van der Waals surface area contributed by atoms with E-state index in [1.54, 1.807) is 4.90 Å². The van der Waals surface area contributed by atoms with Crippen molar-refractivity contribution in [2.75, 3.05) is 33.4 Å². The molecule has 23 heavy (non-hydrogen) atoms. The SMILES string of the molecule is COc1cc(OCC(=O)N2CCC(C)(CN)C2)ccc1[N+](=O)[O-]. The van der Waals surface area contributed by atoms with E-state index in [0.29, 0.717) is 25.4 Å². The fraction of sp³-hybridized carbons (Fsp3) is 0.533. The molecule has 1 amide bonds. The largest absolute Gasteiger partial charge is 0.490 e. The first-order valence-corrected chi connectivity index (χ1v) is 7.31. The fourth-order valence-electron chi connectivity index (χ4n) is 2.54. The van der Waals surface area contributed by atoms with Crippen molar-refractivity contribution < 1.29 is 19.2 Å². The third kappa shape index (κ3) is 3.89. The highest BCUT2D eigenvalue weighted by molar-refractivity contribution is 5.78. The number of nitrogens with zero attached hydrogens (tertiary/aromatic N) is 2. The first-order valence-electron chi connectivity index (χ1n) is 7.31. The Balaban J connectivity index is 1.96. The smallest absolute Gasteiger partial charge is 0.311 e. The fourth-order valence-corrected chi connectivity index (χ4v) is 2.54. The lowest BCUT2D eigenvalue weighted by Gasteiger charge is -2.22. The number of benzene rings is 1. The average molecular weight is 323 g/mol. The number of likely N-dealkylation sites (tertiary alicyclic amines) is 1. The van der Waals surface area contributed by atoms with Gasteiger partial charge in [-0.3, -0.25) is 14.9 Å². The van der Waals surface area contributed by atoms with Crippen LogP contribution in [-0.4, -0.2) is 49.1 Å². The lowest BCUT2D eigenvalue weighted by Crippen LogP contribution is -2.36. The van der Waals surface area contributed by atoms with Crippen LogP contribution in [0.5, 0.6) is 11.5 Å². The molecular weight excluding hydrogens is 302 g/mol. The van der Waals surface area contributed by atoms with E-state index in [1.165, 1.54) is 25.3 Å². The molecular formula is C15H21N3O5. The van der Waals surface area contributed by atoms with Crippen LogP contribution in [0.2, 0.25) is 0 Å². The van der Waals surface area contributed by atoms with E-state index in [9.17, 15) is 14.9 Å². The minimum absolute atomic E-state index is 0.0355. The van der Waals surface area contributed by atoms with Crippen molar-refractivity contribution in [3.05, 3.63) is 28.3 Å². The Labute approximate surface area is 134 Å². The number of carbonyl (C=O) groups excluding carboxylic acids is 1. The molecule has 8 heteroatoms. The second-order valence-electron chi connectivity index (χ2n) is 5.96. The minimum atomic E-state index is -0.536. The molecule has 1 unspecified atom stereocenters. The topological polar surface area (TPSA) is 108 Å². The molecule has 126 valence electrons. The number of ether oxygens (including phenoxy) is 2. The maximum absolute atomic E-state index is 12.2. The molecule has 1 aromatic rings. The molecule has 2 rings (SSSR count). The number of nitro benzene ring substituents is 1. The molecule has 0 radical (unpaired) electrons. The van der Waals surface area contributed by atoms with Crippen molar-refractivity contribution in [2.24, 2.45) is 11.1 Å². The number of hydrogen-bond donors (Lipinski definition) is 1. The summed E-state index contributed by atoms with van der Waals surface area (Å²) in [5.74, 6) is 0.318. The zero-order valence-electron chi connectivity index (χ0n) is 13.3. The quantitative estimate of drug-likeness (QED) is 0.622. The molecule has 8 nitrogen and oxygen atoms in total. The molecule has 1 aliphatic heterocycles. The van der Waals surface area contributed by atoms with Crippen molar-refractivity contribution in [1.82, 2.24) is 4.90 Å². The Morgan fingerprint density at radius 1 is 1.52 bits per heavy atom. The number of hydrogen-bond acceptors (Lipinski definition) is 6. The predicted molar refractivity (Wildman–Crippen MR) is 83.5 cm³/mol. The van der Waals surface area contributed by atoms with Crippen LogP contribution in [0.15, 0.2) is 18.2 Å². The van der Waals surface area contributed by atoms with Crippen molar-refractivity contribution >= 4 is 11.6 Å². The van der Waals surface area contributed by atoms with E-state index >= 15 is 0 Å². The zero-order chi connectivity index (χ0) is 17.0. The van der Waals surface area contributed by atoms with Crippen LogP contribution in [0.1, 0.15) is 13.3 Å². The molecule has 0 aliphatic carbocycles. The summed E-state index contributed by atoms with van der Waals surface area (Å²) >= 11 is 0. The summed E-state index contributed by atoms with van der Waals surface area (Å²) in [7, 11) is 1.34. The summed E-state index contributed by atoms with van der Waals surface area (Å²) in [5.41, 5.74) is 5.54. The molecule has 0 spiro atoms. The summed E-state index contributed by atoms with van der Waals surface area (Å²) < 4.78 is 10.4. The maximum atomic E-state index is 12.2. The Morgan fingerprint density at radius 3 is 2.83 bits per heavy atom. The first-order chi connectivity index (χ1) is 10.9. The molecule has 1 aromatic carbocycles. The normalized spacial score (nSPS) is 20.4. The third-order valence-corrected chi connectivity index (χ3v) is 4.11. The van der Waals surface area contributed by atoms with Gasteiger partial charge in [0.05, 0.1) is 12.0 Å². The van der Waals surface area contributed by atoms with E-state index in [-0.39, 0.29) is 29.4 Å². The second kappa shape index (κ2) is 6.82. The predicted octanol–water partition coefficient (Wildman–Crippen LogP) is 1.18. The lowest BCUT2D eigenvalue weighted by molar-refractivity contribution is -0.385. The maximum Gasteiger partial charge on any atom is 0.311 e. The van der Waals surface area contributed by atoms with Gasteiger partial charge in [-0.25, -0.2) is 0 Å². The van der Waals surface area contributed by atoms with Gasteiger partial charge >= 0.3 is 5.69 Å². The van der Waals surface area contributed by atoms with Gasteiger partial charge in [0, 0.05) is 25.2 Å². The number of nitro groups is 1. The average Bonchev–Trinajstić information content (AvgIpc) is 2.95. The minimum Gasteiger partial charge on any atom is -0.490 e. The van der Waals surface area contributed by atoms with Gasteiger partial charge in [0.1, 0.15) is 5.75 Å². The van der Waals surface area contributed by atoms with Crippen LogP contribution >= 0.6 is 0 Å². The van der Waals surface area contributed by atoms with E-state index in [1.807, 2.05) is 0 Å². The van der Waals surface area contributed by atoms with Crippen LogP contribution in [0.25, 0.3) is 0 Å². The van der Waals surface area contributed by atoms with Crippen LogP contribution < -0.4 is 15.2 Å². The molecule has 0 aromatic heterocycles. The molecule has 2 N–H and O–H groups in total. The summed E-state index contributed by atoms with van der Waals surface area (Å²) in [6, 6.07) is 4.14. The highest BCUT2D eigenvalue weighted by atomic mass is 16.6. The number of rotatable bonds is 6.